The molecule has 98 valence electrons. The van der Waals surface area contributed by atoms with Crippen LogP contribution in [0.4, 0.5) is 0 Å². The van der Waals surface area contributed by atoms with Crippen molar-refractivity contribution in [2.75, 3.05) is 31.1 Å². The van der Waals surface area contributed by atoms with E-state index in [2.05, 4.69) is 10.2 Å². The number of rotatable bonds is 3. The molecule has 0 bridgehead atoms. The molecule has 2 aliphatic rings. The van der Waals surface area contributed by atoms with Crippen LogP contribution in [0.1, 0.15) is 38.5 Å². The molecule has 0 aromatic rings. The summed E-state index contributed by atoms with van der Waals surface area (Å²) in [6, 6.07) is 0.560. The topological polar surface area (TPSA) is 32.3 Å². The lowest BCUT2D eigenvalue weighted by Gasteiger charge is -2.25. The van der Waals surface area contributed by atoms with E-state index in [1.165, 1.54) is 50.0 Å². The minimum atomic E-state index is 0.308. The fourth-order valence-corrected chi connectivity index (χ4v) is 3.67. The molecule has 4 heteroatoms. The molecule has 2 rings (SSSR count). The summed E-state index contributed by atoms with van der Waals surface area (Å²) < 4.78 is 0. The highest BCUT2D eigenvalue weighted by atomic mass is 32.2. The van der Waals surface area contributed by atoms with Gasteiger partial charge in [-0.15, -0.1) is 0 Å². The Morgan fingerprint density at radius 3 is 2.59 bits per heavy atom. The van der Waals surface area contributed by atoms with Gasteiger partial charge in [-0.3, -0.25) is 4.79 Å². The Kier molecular flexibility index (Phi) is 5.65. The summed E-state index contributed by atoms with van der Waals surface area (Å²) in [6.07, 6.45) is 7.48. The van der Waals surface area contributed by atoms with E-state index in [4.69, 9.17) is 0 Å². The first-order valence-electron chi connectivity index (χ1n) is 6.95. The van der Waals surface area contributed by atoms with Crippen LogP contribution in [0, 0.1) is 0 Å². The largest absolute Gasteiger partial charge is 0.342 e. The number of nitrogens with zero attached hydrogens (tertiary/aromatic N) is 1. The third-order valence-electron chi connectivity index (χ3n) is 3.66. The molecule has 2 saturated heterocycles. The van der Waals surface area contributed by atoms with Gasteiger partial charge in [0.2, 0.25) is 5.91 Å². The fourth-order valence-electron chi connectivity index (χ4n) is 2.57. The third-order valence-corrected chi connectivity index (χ3v) is 4.88. The smallest absolute Gasteiger partial charge is 0.236 e. The minimum Gasteiger partial charge on any atom is -0.342 e. The predicted octanol–water partition coefficient (Wildman–Crippen LogP) is 1.87. The Morgan fingerprint density at radius 2 is 1.94 bits per heavy atom. The molecule has 0 aromatic carbocycles. The van der Waals surface area contributed by atoms with Crippen LogP contribution in [0.5, 0.6) is 0 Å². The standard InChI is InChI=1S/C13H24N2OS/c16-13(15-7-3-1-2-4-8-15)10-14-12-6-5-9-17-11-12/h12,14H,1-11H2. The van der Waals surface area contributed by atoms with E-state index in [-0.39, 0.29) is 0 Å². The second-order valence-corrected chi connectivity index (χ2v) is 6.24. The van der Waals surface area contributed by atoms with Crippen LogP contribution < -0.4 is 5.32 Å². The molecule has 0 radical (unpaired) electrons. The Bertz CT molecular complexity index is 234. The van der Waals surface area contributed by atoms with E-state index < -0.39 is 0 Å². The summed E-state index contributed by atoms with van der Waals surface area (Å²) in [7, 11) is 0. The lowest BCUT2D eigenvalue weighted by molar-refractivity contribution is -0.130. The van der Waals surface area contributed by atoms with Gasteiger partial charge in [0.1, 0.15) is 0 Å². The summed E-state index contributed by atoms with van der Waals surface area (Å²) in [4.78, 5) is 14.1. The van der Waals surface area contributed by atoms with Crippen LogP contribution in [0.15, 0.2) is 0 Å². The number of hydrogen-bond donors (Lipinski definition) is 1. The molecule has 17 heavy (non-hydrogen) atoms. The van der Waals surface area contributed by atoms with Crippen molar-refractivity contribution in [1.82, 2.24) is 10.2 Å². The highest BCUT2D eigenvalue weighted by Gasteiger charge is 2.18. The van der Waals surface area contributed by atoms with Crippen molar-refractivity contribution in [3.63, 3.8) is 0 Å². The van der Waals surface area contributed by atoms with Gasteiger partial charge in [0, 0.05) is 24.9 Å². The molecule has 1 atom stereocenters. The molecule has 2 fully saturated rings. The SMILES string of the molecule is O=C(CNC1CCCSC1)N1CCCCCC1. The zero-order chi connectivity index (χ0) is 11.9. The first kappa shape index (κ1) is 13.2. The van der Waals surface area contributed by atoms with Crippen LogP contribution in [0.2, 0.25) is 0 Å². The van der Waals surface area contributed by atoms with Gasteiger partial charge < -0.3 is 10.2 Å². The predicted molar refractivity (Wildman–Crippen MR) is 73.4 cm³/mol. The maximum absolute atomic E-state index is 12.1. The first-order chi connectivity index (χ1) is 8.36. The third kappa shape index (κ3) is 4.51. The molecule has 0 saturated carbocycles. The van der Waals surface area contributed by atoms with Gasteiger partial charge in [-0.25, -0.2) is 0 Å². The fraction of sp³-hybridized carbons (Fsp3) is 0.923. The monoisotopic (exact) mass is 256 g/mol. The summed E-state index contributed by atoms with van der Waals surface area (Å²) in [5.41, 5.74) is 0. The maximum atomic E-state index is 12.1. The number of thioether (sulfide) groups is 1. The average molecular weight is 256 g/mol. The van der Waals surface area contributed by atoms with Gasteiger partial charge in [-0.05, 0) is 31.4 Å². The van der Waals surface area contributed by atoms with Gasteiger partial charge in [0.15, 0.2) is 0 Å². The van der Waals surface area contributed by atoms with E-state index in [0.29, 0.717) is 18.5 Å². The van der Waals surface area contributed by atoms with Gasteiger partial charge >= 0.3 is 0 Å². The van der Waals surface area contributed by atoms with Crippen molar-refractivity contribution in [3.05, 3.63) is 0 Å². The molecule has 0 aliphatic carbocycles. The normalized spacial score (nSPS) is 26.6. The average Bonchev–Trinajstić information content (AvgIpc) is 2.66. The quantitative estimate of drug-likeness (QED) is 0.837. The summed E-state index contributed by atoms with van der Waals surface area (Å²) in [6.45, 7) is 2.49. The van der Waals surface area contributed by atoms with Crippen LogP contribution in [-0.2, 0) is 4.79 Å². The number of hydrogen-bond acceptors (Lipinski definition) is 3. The van der Waals surface area contributed by atoms with Crippen molar-refractivity contribution in [3.8, 4) is 0 Å². The molecule has 1 N–H and O–H groups in total. The van der Waals surface area contributed by atoms with Crippen molar-refractivity contribution in [1.29, 1.82) is 0 Å². The van der Waals surface area contributed by atoms with E-state index in [1.54, 1.807) is 0 Å². The Morgan fingerprint density at radius 1 is 1.18 bits per heavy atom. The maximum Gasteiger partial charge on any atom is 0.236 e. The number of likely N-dealkylation sites (tertiary alicyclic amines) is 1. The van der Waals surface area contributed by atoms with Gasteiger partial charge in [0.05, 0.1) is 6.54 Å². The first-order valence-corrected chi connectivity index (χ1v) is 8.10. The molecule has 0 aromatic heterocycles. The molecule has 1 unspecified atom stereocenters. The number of nitrogens with one attached hydrogen (secondary N) is 1. The number of amides is 1. The van der Waals surface area contributed by atoms with Crippen LogP contribution in [0.25, 0.3) is 0 Å². The molecule has 2 heterocycles. The van der Waals surface area contributed by atoms with E-state index in [0.717, 1.165) is 13.1 Å². The van der Waals surface area contributed by atoms with Gasteiger partial charge in [-0.1, -0.05) is 12.8 Å². The van der Waals surface area contributed by atoms with E-state index in [9.17, 15) is 4.79 Å². The summed E-state index contributed by atoms with van der Waals surface area (Å²) in [5.74, 6) is 2.77. The Balaban J connectivity index is 1.68. The minimum absolute atomic E-state index is 0.308. The van der Waals surface area contributed by atoms with Crippen LogP contribution in [0.3, 0.4) is 0 Å². The second-order valence-electron chi connectivity index (χ2n) is 5.09. The molecule has 2 aliphatic heterocycles. The highest BCUT2D eigenvalue weighted by Crippen LogP contribution is 2.16. The van der Waals surface area contributed by atoms with Crippen molar-refractivity contribution < 1.29 is 4.79 Å². The Hall–Kier alpha value is -0.220. The lowest BCUT2D eigenvalue weighted by Crippen LogP contribution is -2.43. The van der Waals surface area contributed by atoms with Gasteiger partial charge in [0.25, 0.3) is 0 Å². The zero-order valence-corrected chi connectivity index (χ0v) is 11.4. The lowest BCUT2D eigenvalue weighted by atomic mass is 10.2. The van der Waals surface area contributed by atoms with Crippen molar-refractivity contribution >= 4 is 17.7 Å². The summed E-state index contributed by atoms with van der Waals surface area (Å²) in [5, 5.41) is 3.43. The number of carbonyl (C=O) groups excluding carboxylic acids is 1. The van der Waals surface area contributed by atoms with Crippen LogP contribution >= 0.6 is 11.8 Å². The summed E-state index contributed by atoms with van der Waals surface area (Å²) >= 11 is 2.01. The molecule has 3 nitrogen and oxygen atoms in total. The zero-order valence-electron chi connectivity index (χ0n) is 10.6. The van der Waals surface area contributed by atoms with Crippen LogP contribution in [-0.4, -0.2) is 48.0 Å². The van der Waals surface area contributed by atoms with E-state index in [1.807, 2.05) is 11.8 Å². The van der Waals surface area contributed by atoms with E-state index >= 15 is 0 Å². The Labute approximate surface area is 109 Å². The number of carbonyl (C=O) groups is 1. The molecule has 1 amide bonds. The van der Waals surface area contributed by atoms with Crippen molar-refractivity contribution in [2.45, 2.75) is 44.6 Å². The molecule has 0 spiro atoms. The molecular weight excluding hydrogens is 232 g/mol. The highest BCUT2D eigenvalue weighted by molar-refractivity contribution is 7.99. The van der Waals surface area contributed by atoms with Crippen molar-refractivity contribution in [2.24, 2.45) is 0 Å². The molecular formula is C13H24N2OS. The van der Waals surface area contributed by atoms with Gasteiger partial charge in [-0.2, -0.15) is 11.8 Å². The second kappa shape index (κ2) is 7.27.